The predicted octanol–water partition coefficient (Wildman–Crippen LogP) is 11.7. The summed E-state index contributed by atoms with van der Waals surface area (Å²) in [4.78, 5) is 40.1. The Morgan fingerprint density at radius 1 is 0.500 bits per heavy atom. The molecule has 0 spiro atoms. The van der Waals surface area contributed by atoms with E-state index >= 15 is 0 Å². The van der Waals surface area contributed by atoms with E-state index in [2.05, 4.69) is 0 Å². The molecule has 354 valence electrons. The predicted molar refractivity (Wildman–Crippen MR) is 243 cm³/mol. The number of hydrogen-bond donors (Lipinski definition) is 0. The lowest BCUT2D eigenvalue weighted by molar-refractivity contribution is -0.275. The second-order valence-electron chi connectivity index (χ2n) is 19.1. The highest BCUT2D eigenvalue weighted by Gasteiger charge is 2.53. The van der Waals surface area contributed by atoms with Gasteiger partial charge in [0.05, 0.1) is 39.3 Å². The molecule has 0 amide bonds. The van der Waals surface area contributed by atoms with E-state index < -0.39 is 72.8 Å². The van der Waals surface area contributed by atoms with Crippen LogP contribution < -0.4 is 0 Å². The van der Waals surface area contributed by atoms with Gasteiger partial charge in [-0.1, -0.05) is 102 Å². The topological polar surface area (TPSA) is 149 Å². The van der Waals surface area contributed by atoms with Crippen molar-refractivity contribution in [3.63, 3.8) is 0 Å². The summed E-state index contributed by atoms with van der Waals surface area (Å²) < 4.78 is 64.0. The van der Waals surface area contributed by atoms with Crippen molar-refractivity contribution >= 4 is 27.1 Å². The normalized spacial score (nSPS) is 15.3. The molecule has 4 unspecified atom stereocenters. The van der Waals surface area contributed by atoms with E-state index in [0.717, 1.165) is 0 Å². The molecule has 2 aromatic carbocycles. The summed E-state index contributed by atoms with van der Waals surface area (Å²) in [6, 6.07) is 18.6. The van der Waals surface area contributed by atoms with E-state index in [1.807, 2.05) is 144 Å². The second kappa shape index (κ2) is 24.2. The minimum Gasteiger partial charge on any atom is -0.462 e. The van der Waals surface area contributed by atoms with Crippen molar-refractivity contribution in [2.45, 2.75) is 158 Å². The van der Waals surface area contributed by atoms with Crippen LogP contribution in [0.4, 0.5) is 0 Å². The van der Waals surface area contributed by atoms with E-state index in [1.54, 1.807) is 37.8 Å². The number of hydrogen-bond acceptors (Lipinski definition) is 14. The van der Waals surface area contributed by atoms with Gasteiger partial charge in [0.2, 0.25) is 0 Å². The number of benzene rings is 2. The molecule has 14 nitrogen and oxygen atoms in total. The van der Waals surface area contributed by atoms with Crippen molar-refractivity contribution in [3.8, 4) is 0 Å². The first kappa shape index (κ1) is 55.7. The molecule has 2 aromatic rings. The van der Waals surface area contributed by atoms with Gasteiger partial charge < -0.3 is 27.6 Å². The highest BCUT2D eigenvalue weighted by Crippen LogP contribution is 2.62. The molecule has 0 aliphatic rings. The van der Waals surface area contributed by atoms with Crippen molar-refractivity contribution in [2.75, 3.05) is 39.6 Å². The average Bonchev–Trinajstić information content (AvgIpc) is 3.15. The fourth-order valence-electron chi connectivity index (χ4n) is 6.82. The lowest BCUT2D eigenvalue weighted by Crippen LogP contribution is -2.54. The largest absolute Gasteiger partial charge is 0.462 e. The molecule has 0 saturated heterocycles. The molecule has 62 heavy (non-hydrogen) atoms. The van der Waals surface area contributed by atoms with Crippen LogP contribution in [-0.2, 0) is 56.0 Å². The zero-order valence-corrected chi connectivity index (χ0v) is 42.2. The molecule has 2 rings (SSSR count). The number of carbonyl (C=O) groups excluding carboxylic acids is 2. The van der Waals surface area contributed by atoms with Gasteiger partial charge in [0.1, 0.15) is 37.0 Å². The SMILES string of the molecule is CCOP(=O)(OCC)C(N(OC(COC(=O)CCC(=O)OCC(ON(C(C(C)(C)C)P(=O)(OCC)OCC)C(C)(C)C)c1ccccc1)c1ccccc1)C(C)(C)C)C(C)(C)C. The summed E-state index contributed by atoms with van der Waals surface area (Å²) in [6.45, 7) is 30.6. The first-order chi connectivity index (χ1) is 28.7. The molecule has 0 radical (unpaired) electrons. The first-order valence-electron chi connectivity index (χ1n) is 21.8. The molecule has 0 aliphatic heterocycles. The van der Waals surface area contributed by atoms with Gasteiger partial charge >= 0.3 is 27.1 Å². The minimum absolute atomic E-state index is 0.170. The van der Waals surface area contributed by atoms with Crippen LogP contribution in [0.1, 0.15) is 147 Å². The van der Waals surface area contributed by atoms with E-state index in [-0.39, 0.29) is 52.5 Å². The Hall–Kier alpha value is -2.48. The van der Waals surface area contributed by atoms with Crippen LogP contribution in [0.3, 0.4) is 0 Å². The van der Waals surface area contributed by atoms with Gasteiger partial charge in [-0.25, -0.2) is 0 Å². The molecule has 0 N–H and O–H groups in total. The third-order valence-electron chi connectivity index (χ3n) is 9.30. The molecule has 0 aromatic heterocycles. The van der Waals surface area contributed by atoms with Gasteiger partial charge in [0, 0.05) is 11.1 Å². The highest BCUT2D eigenvalue weighted by atomic mass is 31.2. The van der Waals surface area contributed by atoms with Crippen LogP contribution in [0.5, 0.6) is 0 Å². The molecule has 0 fully saturated rings. The molecule has 0 aliphatic carbocycles. The molecule has 0 saturated carbocycles. The number of esters is 2. The quantitative estimate of drug-likeness (QED) is 0.0528. The van der Waals surface area contributed by atoms with Crippen LogP contribution in [0.25, 0.3) is 0 Å². The molecule has 0 bridgehead atoms. The average molecular weight is 913 g/mol. The van der Waals surface area contributed by atoms with E-state index in [4.69, 9.17) is 37.2 Å². The summed E-state index contributed by atoms with van der Waals surface area (Å²) >= 11 is 0. The van der Waals surface area contributed by atoms with E-state index in [1.165, 1.54) is 0 Å². The Labute approximate surface area is 372 Å². The maximum absolute atomic E-state index is 14.5. The fourth-order valence-corrected chi connectivity index (χ4v) is 12.2. The van der Waals surface area contributed by atoms with Crippen LogP contribution >= 0.6 is 15.2 Å². The number of hydroxylamine groups is 4. The van der Waals surface area contributed by atoms with Crippen LogP contribution in [-0.4, -0.2) is 84.4 Å². The lowest BCUT2D eigenvalue weighted by atomic mass is 9.94. The smallest absolute Gasteiger partial charge is 0.350 e. The van der Waals surface area contributed by atoms with Gasteiger partial charge in [-0.05, 0) is 91.2 Å². The number of nitrogens with zero attached hydrogens (tertiary/aromatic N) is 2. The van der Waals surface area contributed by atoms with Gasteiger partial charge in [0.25, 0.3) is 0 Å². The zero-order chi connectivity index (χ0) is 47.2. The van der Waals surface area contributed by atoms with Crippen molar-refractivity contribution < 1.29 is 56.0 Å². The standard InChI is InChI=1S/C46H78N2O12P2/c1-17-55-61(51,56-18-2)41(43(5,6)7)47(45(11,12)13)59-37(35-27-23-21-24-28-35)33-53-39(49)31-32-40(50)54-34-38(36-29-25-22-26-30-36)60-48(46(14,15)16)42(44(8,9)10)62(52,57-19-3)58-20-4/h21-30,37-38,41-42H,17-20,31-34H2,1-16H3. The number of ether oxygens (including phenoxy) is 2. The van der Waals surface area contributed by atoms with Gasteiger partial charge in [-0.15, -0.1) is 0 Å². The fraction of sp³-hybridized carbons (Fsp3) is 0.696. The first-order valence-corrected chi connectivity index (χ1v) is 25.0. The molecule has 4 atom stereocenters. The number of carbonyl (C=O) groups is 2. The van der Waals surface area contributed by atoms with E-state index in [9.17, 15) is 18.7 Å². The Bertz CT molecular complexity index is 1590. The number of rotatable bonds is 25. The van der Waals surface area contributed by atoms with Crippen molar-refractivity contribution in [1.82, 2.24) is 10.1 Å². The lowest BCUT2D eigenvalue weighted by Gasteiger charge is -2.48. The summed E-state index contributed by atoms with van der Waals surface area (Å²) in [6.07, 6.45) is -2.16. The molecule has 16 heteroatoms. The Morgan fingerprint density at radius 3 is 1.00 bits per heavy atom. The Morgan fingerprint density at radius 2 is 0.774 bits per heavy atom. The molecule has 0 heterocycles. The van der Waals surface area contributed by atoms with Crippen molar-refractivity contribution in [2.24, 2.45) is 10.8 Å². The van der Waals surface area contributed by atoms with Crippen LogP contribution in [0.2, 0.25) is 0 Å². The van der Waals surface area contributed by atoms with Crippen molar-refractivity contribution in [3.05, 3.63) is 71.8 Å². The summed E-state index contributed by atoms with van der Waals surface area (Å²) in [5.74, 6) is -2.96. The van der Waals surface area contributed by atoms with Gasteiger partial charge in [-0.3, -0.25) is 28.4 Å². The maximum Gasteiger partial charge on any atom is 0.350 e. The Balaban J connectivity index is 2.33. The third-order valence-corrected chi connectivity index (χ3v) is 14.9. The van der Waals surface area contributed by atoms with Crippen molar-refractivity contribution in [1.29, 1.82) is 0 Å². The summed E-state index contributed by atoms with van der Waals surface area (Å²) in [5, 5.41) is 3.31. The minimum atomic E-state index is -3.78. The van der Waals surface area contributed by atoms with Crippen LogP contribution in [0.15, 0.2) is 60.7 Å². The highest BCUT2D eigenvalue weighted by molar-refractivity contribution is 7.55. The van der Waals surface area contributed by atoms with Crippen LogP contribution in [0, 0.1) is 10.8 Å². The van der Waals surface area contributed by atoms with Gasteiger partial charge in [0.15, 0.2) is 0 Å². The zero-order valence-electron chi connectivity index (χ0n) is 40.4. The van der Waals surface area contributed by atoms with E-state index in [0.29, 0.717) is 11.1 Å². The third kappa shape index (κ3) is 16.8. The summed E-state index contributed by atoms with van der Waals surface area (Å²) in [7, 11) is -7.56. The molecular weight excluding hydrogens is 834 g/mol. The van der Waals surface area contributed by atoms with Gasteiger partial charge in [-0.2, -0.15) is 10.1 Å². The monoisotopic (exact) mass is 913 g/mol. The maximum atomic E-state index is 14.5. The molecular formula is C46H78N2O12P2. The Kier molecular flexibility index (Phi) is 21.7. The second-order valence-corrected chi connectivity index (χ2v) is 23.3. The summed E-state index contributed by atoms with van der Waals surface area (Å²) in [5.41, 5.74) is -1.29.